The Morgan fingerprint density at radius 2 is 1.83 bits per heavy atom. The number of nitro groups is 2. The molecule has 0 saturated carbocycles. The average Bonchev–Trinajstić information content (AvgIpc) is 3.18. The van der Waals surface area contributed by atoms with E-state index < -0.39 is 9.85 Å². The quantitative estimate of drug-likeness (QED) is 0.419. The summed E-state index contributed by atoms with van der Waals surface area (Å²) in [5.74, 6) is -0.305. The van der Waals surface area contributed by atoms with Gasteiger partial charge in [0.2, 0.25) is 5.91 Å². The molecule has 11 heteroatoms. The second-order valence-electron chi connectivity index (χ2n) is 6.64. The van der Waals surface area contributed by atoms with Crippen LogP contribution >= 0.6 is 11.3 Å². The Kier molecular flexibility index (Phi) is 6.62. The van der Waals surface area contributed by atoms with E-state index in [1.807, 2.05) is 0 Å². The molecule has 0 aliphatic carbocycles. The smallest absolute Gasteiger partial charge is 0.299 e. The number of amides is 1. The van der Waals surface area contributed by atoms with Crippen molar-refractivity contribution in [3.05, 3.63) is 67.1 Å². The van der Waals surface area contributed by atoms with Gasteiger partial charge in [0.1, 0.15) is 0 Å². The van der Waals surface area contributed by atoms with Gasteiger partial charge in [0.05, 0.1) is 20.9 Å². The number of nitrogens with one attached hydrogen (secondary N) is 1. The minimum absolute atomic E-state index is 0.0261. The van der Waals surface area contributed by atoms with Gasteiger partial charge in [0.15, 0.2) is 0 Å². The molecule has 0 atom stereocenters. The van der Waals surface area contributed by atoms with Crippen molar-refractivity contribution in [1.82, 2.24) is 10.3 Å². The number of hydrogen-bond acceptors (Lipinski definition) is 8. The Morgan fingerprint density at radius 3 is 2.41 bits per heavy atom. The average molecular weight is 417 g/mol. The largest absolute Gasteiger partial charge is 0.324 e. The molecule has 0 unspecified atom stereocenters. The van der Waals surface area contributed by atoms with Crippen LogP contribution in [0.5, 0.6) is 0 Å². The lowest BCUT2D eigenvalue weighted by atomic mass is 9.96. The summed E-state index contributed by atoms with van der Waals surface area (Å²) < 4.78 is 0. The maximum Gasteiger partial charge on any atom is 0.324 e. The van der Waals surface area contributed by atoms with Gasteiger partial charge in [0.25, 0.3) is 5.69 Å². The van der Waals surface area contributed by atoms with Crippen molar-refractivity contribution in [3.8, 4) is 0 Å². The second kappa shape index (κ2) is 9.34. The number of carbonyl (C=O) groups excluding carboxylic acids is 1. The molecular weight excluding hydrogens is 398 g/mol. The molecule has 1 aromatic heterocycles. The zero-order valence-corrected chi connectivity index (χ0v) is 16.2. The molecule has 10 nitrogen and oxygen atoms in total. The van der Waals surface area contributed by atoms with Crippen molar-refractivity contribution in [1.29, 1.82) is 0 Å². The van der Waals surface area contributed by atoms with E-state index in [9.17, 15) is 25.0 Å². The van der Waals surface area contributed by atoms with Gasteiger partial charge < -0.3 is 0 Å². The van der Waals surface area contributed by atoms with E-state index in [-0.39, 0.29) is 22.5 Å². The molecule has 1 aliphatic heterocycles. The summed E-state index contributed by atoms with van der Waals surface area (Å²) in [6.45, 7) is 2.17. The Labute approximate surface area is 170 Å². The fourth-order valence-electron chi connectivity index (χ4n) is 3.10. The second-order valence-corrected chi connectivity index (χ2v) is 7.74. The van der Waals surface area contributed by atoms with E-state index in [0.29, 0.717) is 24.3 Å². The fourth-order valence-corrected chi connectivity index (χ4v) is 3.79. The Bertz CT molecular complexity index is 919. The Balaban J connectivity index is 1.43. The number of nitrogens with zero attached hydrogens (tertiary/aromatic N) is 4. The van der Waals surface area contributed by atoms with E-state index >= 15 is 0 Å². The van der Waals surface area contributed by atoms with Crippen molar-refractivity contribution in [2.24, 2.45) is 11.0 Å². The molecule has 2 aromatic rings. The van der Waals surface area contributed by atoms with Gasteiger partial charge in [-0.1, -0.05) is 23.5 Å². The van der Waals surface area contributed by atoms with Crippen LogP contribution in [0.4, 0.5) is 10.7 Å². The standard InChI is InChI=1S/C18H19N5O5S/c24-18(20-19-11-16-5-6-17(29-16)23(27)28)14-7-9-21(10-8-14)12-13-1-3-15(4-2-13)22(25)26/h1-6,11,14H,7-10,12H2,(H,20,24)/b19-11-. The number of thiophene rings is 1. The molecule has 0 bridgehead atoms. The van der Waals surface area contributed by atoms with E-state index in [2.05, 4.69) is 15.4 Å². The lowest BCUT2D eigenvalue weighted by Gasteiger charge is -2.30. The predicted octanol–water partition coefficient (Wildman–Crippen LogP) is 2.93. The highest BCUT2D eigenvalue weighted by Crippen LogP contribution is 2.23. The molecule has 2 heterocycles. The monoisotopic (exact) mass is 417 g/mol. The van der Waals surface area contributed by atoms with Gasteiger partial charge in [-0.05, 0) is 37.6 Å². The van der Waals surface area contributed by atoms with Crippen LogP contribution in [-0.4, -0.2) is 40.0 Å². The molecule has 1 aromatic carbocycles. The SMILES string of the molecule is O=C(N/N=C\c1ccc([N+](=O)[O-])s1)C1CCN(Cc2ccc([N+](=O)[O-])cc2)CC1. The van der Waals surface area contributed by atoms with Crippen LogP contribution in [0.25, 0.3) is 0 Å². The first-order valence-corrected chi connectivity index (χ1v) is 9.77. The van der Waals surface area contributed by atoms with Crippen molar-refractivity contribution >= 4 is 34.1 Å². The highest BCUT2D eigenvalue weighted by molar-refractivity contribution is 7.16. The fraction of sp³-hybridized carbons (Fsp3) is 0.333. The van der Waals surface area contributed by atoms with Crippen LogP contribution in [0, 0.1) is 26.1 Å². The van der Waals surface area contributed by atoms with Crippen LogP contribution in [0.3, 0.4) is 0 Å². The summed E-state index contributed by atoms with van der Waals surface area (Å²) in [5, 5.41) is 25.3. The van der Waals surface area contributed by atoms with Gasteiger partial charge in [-0.25, -0.2) is 5.43 Å². The van der Waals surface area contributed by atoms with Crippen LogP contribution < -0.4 is 5.43 Å². The number of benzene rings is 1. The summed E-state index contributed by atoms with van der Waals surface area (Å²) in [7, 11) is 0. The van der Waals surface area contributed by atoms with Gasteiger partial charge in [-0.2, -0.15) is 5.10 Å². The third-order valence-electron chi connectivity index (χ3n) is 4.67. The molecule has 29 heavy (non-hydrogen) atoms. The molecule has 1 aliphatic rings. The predicted molar refractivity (Wildman–Crippen MR) is 108 cm³/mol. The van der Waals surface area contributed by atoms with Gasteiger partial charge in [0, 0.05) is 30.7 Å². The van der Waals surface area contributed by atoms with Gasteiger partial charge >= 0.3 is 5.00 Å². The highest BCUT2D eigenvalue weighted by atomic mass is 32.1. The Morgan fingerprint density at radius 1 is 1.14 bits per heavy atom. The number of piperidine rings is 1. The molecule has 0 spiro atoms. The lowest BCUT2D eigenvalue weighted by molar-refractivity contribution is -0.384. The van der Waals surface area contributed by atoms with Crippen LogP contribution in [0.2, 0.25) is 0 Å². The number of hydrazone groups is 1. The molecule has 1 N–H and O–H groups in total. The van der Waals surface area contributed by atoms with Crippen LogP contribution in [0.1, 0.15) is 23.3 Å². The molecule has 1 saturated heterocycles. The summed E-state index contributed by atoms with van der Waals surface area (Å²) in [6.07, 6.45) is 2.79. The zero-order chi connectivity index (χ0) is 20.8. The number of non-ortho nitro benzene ring substituents is 1. The van der Waals surface area contributed by atoms with E-state index in [1.165, 1.54) is 24.4 Å². The maximum atomic E-state index is 12.3. The number of rotatable bonds is 7. The van der Waals surface area contributed by atoms with Crippen molar-refractivity contribution < 1.29 is 14.6 Å². The number of nitro benzene ring substituents is 1. The first-order valence-electron chi connectivity index (χ1n) is 8.95. The third-order valence-corrected chi connectivity index (χ3v) is 5.64. The third kappa shape index (κ3) is 5.65. The molecule has 152 valence electrons. The topological polar surface area (TPSA) is 131 Å². The van der Waals surface area contributed by atoms with Gasteiger partial charge in [-0.15, -0.1) is 0 Å². The number of likely N-dealkylation sites (tertiary alicyclic amines) is 1. The van der Waals surface area contributed by atoms with E-state index in [4.69, 9.17) is 0 Å². The highest BCUT2D eigenvalue weighted by Gasteiger charge is 2.25. The molecule has 3 rings (SSSR count). The zero-order valence-electron chi connectivity index (χ0n) is 15.4. The lowest BCUT2D eigenvalue weighted by Crippen LogP contribution is -2.39. The summed E-state index contributed by atoms with van der Waals surface area (Å²) in [5.41, 5.74) is 3.57. The maximum absolute atomic E-state index is 12.3. The first kappa shape index (κ1) is 20.6. The van der Waals surface area contributed by atoms with Crippen LogP contribution in [0.15, 0.2) is 41.5 Å². The number of carbonyl (C=O) groups is 1. The minimum atomic E-state index is -0.467. The van der Waals surface area contributed by atoms with Crippen molar-refractivity contribution in [3.63, 3.8) is 0 Å². The summed E-state index contributed by atoms with van der Waals surface area (Å²) in [4.78, 5) is 35.5. The summed E-state index contributed by atoms with van der Waals surface area (Å²) in [6, 6.07) is 9.47. The molecule has 1 fully saturated rings. The number of hydrogen-bond donors (Lipinski definition) is 1. The Hall–Kier alpha value is -3.18. The first-order chi connectivity index (χ1) is 13.9. The van der Waals surface area contributed by atoms with Crippen LogP contribution in [-0.2, 0) is 11.3 Å². The van der Waals surface area contributed by atoms with Gasteiger partial charge in [-0.3, -0.25) is 29.9 Å². The van der Waals surface area contributed by atoms with E-state index in [1.54, 1.807) is 18.2 Å². The van der Waals surface area contributed by atoms with Crippen molar-refractivity contribution in [2.45, 2.75) is 19.4 Å². The van der Waals surface area contributed by atoms with E-state index in [0.717, 1.165) is 30.0 Å². The minimum Gasteiger partial charge on any atom is -0.299 e. The molecule has 0 radical (unpaired) electrons. The molecule has 1 amide bonds. The molecular formula is C18H19N5O5S. The normalized spacial score (nSPS) is 15.4. The summed E-state index contributed by atoms with van der Waals surface area (Å²) >= 11 is 0.988. The van der Waals surface area contributed by atoms with Crippen molar-refractivity contribution in [2.75, 3.05) is 13.1 Å².